The van der Waals surface area contributed by atoms with E-state index in [1.54, 1.807) is 6.92 Å². The number of halogens is 3. The molecule has 4 rings (SSSR count). The summed E-state index contributed by atoms with van der Waals surface area (Å²) in [7, 11) is 0. The Balaban J connectivity index is 1.41. The highest BCUT2D eigenvalue weighted by Crippen LogP contribution is 2.30. The van der Waals surface area contributed by atoms with Gasteiger partial charge in [0.05, 0.1) is 11.3 Å². The van der Waals surface area contributed by atoms with Crippen LogP contribution < -0.4 is 15.6 Å². The van der Waals surface area contributed by atoms with Crippen molar-refractivity contribution >= 4 is 11.6 Å². The molecule has 0 radical (unpaired) electrons. The van der Waals surface area contributed by atoms with Crippen LogP contribution in [0.1, 0.15) is 28.7 Å². The highest BCUT2D eigenvalue weighted by atomic mass is 19.4. The van der Waals surface area contributed by atoms with Crippen molar-refractivity contribution in [3.63, 3.8) is 0 Å². The van der Waals surface area contributed by atoms with Crippen LogP contribution in [0, 0.1) is 6.92 Å². The zero-order chi connectivity index (χ0) is 25.9. The zero-order valence-electron chi connectivity index (χ0n) is 20.1. The predicted molar refractivity (Wildman–Crippen MR) is 132 cm³/mol. The van der Waals surface area contributed by atoms with Gasteiger partial charge in [-0.1, -0.05) is 24.3 Å². The monoisotopic (exact) mass is 499 g/mol. The van der Waals surface area contributed by atoms with Gasteiger partial charge in [0.1, 0.15) is 0 Å². The molecule has 2 aromatic carbocycles. The minimum atomic E-state index is -4.52. The maximum absolute atomic E-state index is 13.1. The fraction of sp³-hybridized carbons (Fsp3) is 0.346. The van der Waals surface area contributed by atoms with E-state index >= 15 is 0 Å². The van der Waals surface area contributed by atoms with Crippen molar-refractivity contribution in [3.8, 4) is 5.69 Å². The normalized spacial score (nSPS) is 15.5. The van der Waals surface area contributed by atoms with Crippen molar-refractivity contribution in [2.75, 3.05) is 37.6 Å². The first-order valence-electron chi connectivity index (χ1n) is 11.7. The van der Waals surface area contributed by atoms with E-state index < -0.39 is 23.1 Å². The van der Waals surface area contributed by atoms with Crippen LogP contribution in [-0.2, 0) is 6.18 Å². The molecule has 3 aromatic rings. The number of para-hydroxylation sites is 1. The standard InChI is InChI=1S/C26H28F3N5O2/c1-18-15-23(35)24(31-34(18)22-10-6-7-20(16-22)26(27,28)29)25(36)30-17-19(2)32-11-13-33(14-12-32)21-8-4-3-5-9-21/h3-10,15-16,19H,11-14,17H2,1-2H3,(H,30,36)/t19-/m1/s1. The van der Waals surface area contributed by atoms with Gasteiger partial charge in [-0.05, 0) is 44.2 Å². The molecule has 2 heterocycles. The van der Waals surface area contributed by atoms with Crippen LogP contribution in [0.3, 0.4) is 0 Å². The average molecular weight is 500 g/mol. The number of hydrogen-bond acceptors (Lipinski definition) is 5. The molecule has 1 saturated heterocycles. The van der Waals surface area contributed by atoms with Crippen molar-refractivity contribution < 1.29 is 18.0 Å². The molecule has 10 heteroatoms. The molecule has 1 aromatic heterocycles. The van der Waals surface area contributed by atoms with Gasteiger partial charge in [0, 0.05) is 56.2 Å². The smallest absolute Gasteiger partial charge is 0.369 e. The van der Waals surface area contributed by atoms with E-state index in [1.807, 2.05) is 25.1 Å². The summed E-state index contributed by atoms with van der Waals surface area (Å²) in [6.07, 6.45) is -4.52. The van der Waals surface area contributed by atoms with Crippen LogP contribution in [0.25, 0.3) is 5.69 Å². The number of hydrogen-bond donors (Lipinski definition) is 1. The molecule has 1 aliphatic rings. The number of carbonyl (C=O) groups is 1. The fourth-order valence-electron chi connectivity index (χ4n) is 4.29. The molecular formula is C26H28F3N5O2. The summed E-state index contributed by atoms with van der Waals surface area (Å²) in [5.74, 6) is -0.657. The number of anilines is 1. The second-order valence-corrected chi connectivity index (χ2v) is 8.88. The number of nitrogens with zero attached hydrogens (tertiary/aromatic N) is 4. The highest BCUT2D eigenvalue weighted by molar-refractivity contribution is 5.92. The number of rotatable bonds is 6. The lowest BCUT2D eigenvalue weighted by molar-refractivity contribution is -0.137. The zero-order valence-corrected chi connectivity index (χ0v) is 20.1. The fourth-order valence-corrected chi connectivity index (χ4v) is 4.29. The Bertz CT molecular complexity index is 1270. The second-order valence-electron chi connectivity index (χ2n) is 8.88. The maximum Gasteiger partial charge on any atom is 0.416 e. The van der Waals surface area contributed by atoms with Gasteiger partial charge >= 0.3 is 6.18 Å². The molecule has 1 atom stereocenters. The molecule has 7 nitrogen and oxygen atoms in total. The third kappa shape index (κ3) is 5.76. The molecule has 1 N–H and O–H groups in total. The average Bonchev–Trinajstić information content (AvgIpc) is 2.87. The van der Waals surface area contributed by atoms with Gasteiger partial charge in [-0.2, -0.15) is 18.3 Å². The van der Waals surface area contributed by atoms with Crippen LogP contribution in [-0.4, -0.2) is 59.4 Å². The van der Waals surface area contributed by atoms with Crippen LogP contribution >= 0.6 is 0 Å². The Labute approximate surface area is 207 Å². The van der Waals surface area contributed by atoms with Gasteiger partial charge < -0.3 is 10.2 Å². The number of alkyl halides is 3. The number of aromatic nitrogens is 2. The largest absolute Gasteiger partial charge is 0.416 e. The molecular weight excluding hydrogens is 471 g/mol. The molecule has 1 aliphatic heterocycles. The SMILES string of the molecule is Cc1cc(=O)c(C(=O)NC[C@@H](C)N2CCN(c3ccccc3)CC2)nn1-c1cccc(C(F)(F)F)c1. The van der Waals surface area contributed by atoms with Crippen molar-refractivity contribution in [2.24, 2.45) is 0 Å². The van der Waals surface area contributed by atoms with E-state index in [-0.39, 0.29) is 17.4 Å². The summed E-state index contributed by atoms with van der Waals surface area (Å²) in [6.45, 7) is 7.25. The molecule has 36 heavy (non-hydrogen) atoms. The molecule has 0 aliphatic carbocycles. The summed E-state index contributed by atoms with van der Waals surface area (Å²) in [4.78, 5) is 29.9. The van der Waals surface area contributed by atoms with E-state index in [2.05, 4.69) is 32.3 Å². The van der Waals surface area contributed by atoms with Crippen LogP contribution in [0.15, 0.2) is 65.5 Å². The van der Waals surface area contributed by atoms with Crippen molar-refractivity contribution in [1.82, 2.24) is 20.0 Å². The Kier molecular flexibility index (Phi) is 7.44. The third-order valence-electron chi connectivity index (χ3n) is 6.36. The van der Waals surface area contributed by atoms with Gasteiger partial charge in [0.15, 0.2) is 5.69 Å². The Morgan fingerprint density at radius 3 is 2.33 bits per heavy atom. The molecule has 0 saturated carbocycles. The Morgan fingerprint density at radius 2 is 1.67 bits per heavy atom. The lowest BCUT2D eigenvalue weighted by Crippen LogP contribution is -2.52. The quantitative estimate of drug-likeness (QED) is 0.562. The number of nitrogens with one attached hydrogen (secondary N) is 1. The number of aryl methyl sites for hydroxylation is 1. The third-order valence-corrected chi connectivity index (χ3v) is 6.36. The van der Waals surface area contributed by atoms with Gasteiger partial charge in [-0.25, -0.2) is 4.68 Å². The van der Waals surface area contributed by atoms with Crippen LogP contribution in [0.5, 0.6) is 0 Å². The number of carbonyl (C=O) groups excluding carboxylic acids is 1. The maximum atomic E-state index is 13.1. The summed E-state index contributed by atoms with van der Waals surface area (Å²) in [6, 6.07) is 16.0. The van der Waals surface area contributed by atoms with E-state index in [1.165, 1.54) is 28.6 Å². The summed E-state index contributed by atoms with van der Waals surface area (Å²) >= 11 is 0. The van der Waals surface area contributed by atoms with Crippen LogP contribution in [0.2, 0.25) is 0 Å². The van der Waals surface area contributed by atoms with Gasteiger partial charge in [0.25, 0.3) is 5.91 Å². The Morgan fingerprint density at radius 1 is 1.00 bits per heavy atom. The number of amides is 1. The Hall–Kier alpha value is -3.66. The van der Waals surface area contributed by atoms with E-state index in [4.69, 9.17) is 0 Å². The molecule has 0 spiro atoms. The minimum absolute atomic E-state index is 0.0306. The van der Waals surface area contributed by atoms with Crippen molar-refractivity contribution in [1.29, 1.82) is 0 Å². The summed E-state index contributed by atoms with van der Waals surface area (Å²) in [5.41, 5.74) is -0.175. The highest BCUT2D eigenvalue weighted by Gasteiger charge is 2.31. The first-order valence-corrected chi connectivity index (χ1v) is 11.7. The van der Waals surface area contributed by atoms with Gasteiger partial charge in [-0.15, -0.1) is 0 Å². The van der Waals surface area contributed by atoms with E-state index in [0.29, 0.717) is 12.2 Å². The topological polar surface area (TPSA) is 70.5 Å². The van der Waals surface area contributed by atoms with E-state index in [0.717, 1.165) is 38.3 Å². The van der Waals surface area contributed by atoms with Crippen molar-refractivity contribution in [3.05, 3.63) is 87.8 Å². The predicted octanol–water partition coefficient (Wildman–Crippen LogP) is 3.50. The number of piperazine rings is 1. The van der Waals surface area contributed by atoms with E-state index in [9.17, 15) is 22.8 Å². The second kappa shape index (κ2) is 10.5. The van der Waals surface area contributed by atoms with Gasteiger partial charge in [0.2, 0.25) is 5.43 Å². The molecule has 1 amide bonds. The number of benzene rings is 2. The molecule has 0 unspecified atom stereocenters. The minimum Gasteiger partial charge on any atom is -0.369 e. The summed E-state index contributed by atoms with van der Waals surface area (Å²) < 4.78 is 40.6. The van der Waals surface area contributed by atoms with Crippen molar-refractivity contribution in [2.45, 2.75) is 26.1 Å². The van der Waals surface area contributed by atoms with Crippen LogP contribution in [0.4, 0.5) is 18.9 Å². The molecule has 0 bridgehead atoms. The lowest BCUT2D eigenvalue weighted by Gasteiger charge is -2.39. The molecule has 1 fully saturated rings. The molecule has 190 valence electrons. The first-order chi connectivity index (χ1) is 17.1. The lowest BCUT2D eigenvalue weighted by atomic mass is 10.2. The van der Waals surface area contributed by atoms with Gasteiger partial charge in [-0.3, -0.25) is 14.5 Å². The first kappa shape index (κ1) is 25.4. The summed E-state index contributed by atoms with van der Waals surface area (Å²) in [5, 5.41) is 6.87.